The fourth-order valence-electron chi connectivity index (χ4n) is 3.55. The van der Waals surface area contributed by atoms with E-state index in [0.29, 0.717) is 6.54 Å². The van der Waals surface area contributed by atoms with E-state index in [0.717, 1.165) is 27.9 Å². The second-order valence-electron chi connectivity index (χ2n) is 6.93. The Bertz CT molecular complexity index is 893. The molecule has 0 spiro atoms. The van der Waals surface area contributed by atoms with E-state index in [-0.39, 0.29) is 18.3 Å². The van der Waals surface area contributed by atoms with Crippen LogP contribution in [0, 0.1) is 5.92 Å². The molecule has 2 aliphatic heterocycles. The van der Waals surface area contributed by atoms with Crippen molar-refractivity contribution >= 4 is 37.2 Å². The molecule has 0 saturated heterocycles. The molecule has 26 heavy (non-hydrogen) atoms. The minimum atomic E-state index is -0.825. The van der Waals surface area contributed by atoms with Crippen LogP contribution in [0.3, 0.4) is 0 Å². The molecule has 3 unspecified atom stereocenters. The number of allylic oxidation sites excluding steroid dienone is 1. The molecule has 0 bridgehead atoms. The number of hydrogen-bond acceptors (Lipinski definition) is 3. The summed E-state index contributed by atoms with van der Waals surface area (Å²) in [5, 5.41) is 9.32. The number of benzene rings is 1. The minimum absolute atomic E-state index is 0.00245. The topological polar surface area (TPSA) is 62.0 Å². The predicted molar refractivity (Wildman–Crippen MR) is 112 cm³/mol. The average Bonchev–Trinajstić information content (AvgIpc) is 2.60. The Hall–Kier alpha value is -2.32. The van der Waals surface area contributed by atoms with Crippen molar-refractivity contribution in [2.24, 2.45) is 15.9 Å². The Balaban J connectivity index is 2.04. The molecule has 1 aromatic carbocycles. The molecule has 1 N–H and O–H groups in total. The van der Waals surface area contributed by atoms with Crippen LogP contribution >= 0.6 is 7.55 Å². The van der Waals surface area contributed by atoms with Crippen molar-refractivity contribution < 1.29 is 9.90 Å². The first-order valence-electron chi connectivity index (χ1n) is 8.73. The van der Waals surface area contributed by atoms with Crippen molar-refractivity contribution in [2.75, 3.05) is 13.2 Å². The number of para-hydroxylation sites is 1. The highest BCUT2D eigenvalue weighted by atomic mass is 31.1. The first-order chi connectivity index (χ1) is 12.4. The van der Waals surface area contributed by atoms with Crippen molar-refractivity contribution in [2.45, 2.75) is 26.2 Å². The van der Waals surface area contributed by atoms with Crippen molar-refractivity contribution in [1.29, 1.82) is 0 Å². The number of carboxylic acids is 1. The van der Waals surface area contributed by atoms with E-state index in [1.807, 2.05) is 38.0 Å². The van der Waals surface area contributed by atoms with Crippen LogP contribution in [-0.4, -0.2) is 42.3 Å². The minimum Gasteiger partial charge on any atom is -0.481 e. The molecule has 0 aromatic heterocycles. The summed E-state index contributed by atoms with van der Waals surface area (Å²) in [5.41, 5.74) is 6.10. The van der Waals surface area contributed by atoms with E-state index in [1.54, 1.807) is 0 Å². The smallest absolute Gasteiger partial charge is 0.308 e. The maximum Gasteiger partial charge on any atom is 0.308 e. The SMILES string of the molecule is C=[P+](C)C1=NCC(=CC2c3ccccc3N=CC2C)C(C)=C1CC(=O)O. The van der Waals surface area contributed by atoms with Gasteiger partial charge >= 0.3 is 5.97 Å². The van der Waals surface area contributed by atoms with E-state index < -0.39 is 13.5 Å². The van der Waals surface area contributed by atoms with Gasteiger partial charge in [0.2, 0.25) is 5.45 Å². The van der Waals surface area contributed by atoms with Crippen LogP contribution < -0.4 is 0 Å². The van der Waals surface area contributed by atoms with Crippen molar-refractivity contribution in [3.8, 4) is 0 Å². The van der Waals surface area contributed by atoms with Gasteiger partial charge in [-0.3, -0.25) is 9.79 Å². The van der Waals surface area contributed by atoms with E-state index in [4.69, 9.17) is 4.99 Å². The second kappa shape index (κ2) is 7.51. The molecule has 0 radical (unpaired) electrons. The van der Waals surface area contributed by atoms with Gasteiger partial charge in [-0.05, 0) is 29.7 Å². The Morgan fingerprint density at radius 3 is 2.85 bits per heavy atom. The van der Waals surface area contributed by atoms with Crippen LogP contribution in [0.25, 0.3) is 0 Å². The average molecular weight is 367 g/mol. The third-order valence-electron chi connectivity index (χ3n) is 4.98. The van der Waals surface area contributed by atoms with Crippen molar-refractivity contribution in [3.63, 3.8) is 0 Å². The maximum atomic E-state index is 11.4. The monoisotopic (exact) mass is 367 g/mol. The van der Waals surface area contributed by atoms with Gasteiger partial charge in [-0.15, -0.1) is 0 Å². The molecule has 134 valence electrons. The Morgan fingerprint density at radius 1 is 1.42 bits per heavy atom. The zero-order valence-electron chi connectivity index (χ0n) is 15.4. The van der Waals surface area contributed by atoms with E-state index in [1.165, 1.54) is 5.56 Å². The molecule has 2 aliphatic rings. The molecule has 4 nitrogen and oxygen atoms in total. The summed E-state index contributed by atoms with van der Waals surface area (Å²) in [7, 11) is -0.674. The first kappa shape index (κ1) is 18.5. The highest BCUT2D eigenvalue weighted by Crippen LogP contribution is 2.39. The zero-order chi connectivity index (χ0) is 18.8. The lowest BCUT2D eigenvalue weighted by Gasteiger charge is -2.26. The first-order valence-corrected chi connectivity index (χ1v) is 10.7. The van der Waals surface area contributed by atoms with Gasteiger partial charge in [-0.25, -0.2) is 4.99 Å². The number of carboxylic acid groups (broad SMARTS) is 1. The lowest BCUT2D eigenvalue weighted by Crippen LogP contribution is -2.17. The Labute approximate surface area is 155 Å². The van der Waals surface area contributed by atoms with Gasteiger partial charge in [0.1, 0.15) is 14.2 Å². The summed E-state index contributed by atoms with van der Waals surface area (Å²) in [4.78, 5) is 20.6. The number of carbonyl (C=O) groups is 1. The van der Waals surface area contributed by atoms with E-state index in [9.17, 15) is 9.90 Å². The third kappa shape index (κ3) is 3.61. The third-order valence-corrected chi connectivity index (χ3v) is 6.12. The predicted octanol–water partition coefficient (Wildman–Crippen LogP) is 4.80. The quantitative estimate of drug-likeness (QED) is 0.777. The van der Waals surface area contributed by atoms with Crippen LogP contribution in [0.15, 0.2) is 57.0 Å². The lowest BCUT2D eigenvalue weighted by atomic mass is 9.82. The molecular formula is C21H24N2O2P+. The van der Waals surface area contributed by atoms with E-state index in [2.05, 4.69) is 30.4 Å². The number of nitrogens with zero attached hydrogens (tertiary/aromatic N) is 2. The number of dihydropyridines is 1. The highest BCUT2D eigenvalue weighted by molar-refractivity contribution is 7.73. The second-order valence-corrected chi connectivity index (χ2v) is 8.75. The summed E-state index contributed by atoms with van der Waals surface area (Å²) < 4.78 is 0. The maximum absolute atomic E-state index is 11.4. The molecule has 3 rings (SSSR count). The van der Waals surface area contributed by atoms with Crippen molar-refractivity contribution in [1.82, 2.24) is 0 Å². The summed E-state index contributed by atoms with van der Waals surface area (Å²) >= 11 is 0. The molecule has 5 heteroatoms. The van der Waals surface area contributed by atoms with Gasteiger partial charge in [0.05, 0.1) is 25.0 Å². The van der Waals surface area contributed by atoms with Crippen molar-refractivity contribution in [3.05, 3.63) is 52.6 Å². The summed E-state index contributed by atoms with van der Waals surface area (Å²) in [6, 6.07) is 8.20. The molecule has 0 aliphatic carbocycles. The number of fused-ring (bicyclic) bond motifs is 1. The summed E-state index contributed by atoms with van der Waals surface area (Å²) in [6.07, 6.45) is 8.37. The van der Waals surface area contributed by atoms with Gasteiger partial charge < -0.3 is 5.11 Å². The highest BCUT2D eigenvalue weighted by Gasteiger charge is 2.29. The zero-order valence-corrected chi connectivity index (χ0v) is 16.3. The van der Waals surface area contributed by atoms with E-state index >= 15 is 0 Å². The number of aliphatic carboxylic acids is 1. The molecule has 0 fully saturated rings. The molecule has 2 heterocycles. The number of rotatable bonds is 4. The van der Waals surface area contributed by atoms with Crippen LogP contribution in [0.4, 0.5) is 5.69 Å². The Kier molecular flexibility index (Phi) is 5.33. The fourth-order valence-corrected chi connectivity index (χ4v) is 4.57. The summed E-state index contributed by atoms with van der Waals surface area (Å²) in [5.74, 6) is -0.317. The number of aliphatic imine (C=N–C) groups is 2. The Morgan fingerprint density at radius 2 is 2.15 bits per heavy atom. The summed E-state index contributed by atoms with van der Waals surface area (Å²) in [6.45, 7) is 6.80. The molecule has 1 aromatic rings. The van der Waals surface area contributed by atoms with Crippen LogP contribution in [0.1, 0.15) is 31.7 Å². The van der Waals surface area contributed by atoms with Gasteiger partial charge in [0.25, 0.3) is 0 Å². The fraction of sp³-hybridized carbons (Fsp3) is 0.333. The molecular weight excluding hydrogens is 343 g/mol. The van der Waals surface area contributed by atoms with Crippen LogP contribution in [-0.2, 0) is 4.79 Å². The molecule has 3 atom stereocenters. The lowest BCUT2D eigenvalue weighted by molar-refractivity contribution is -0.136. The van der Waals surface area contributed by atoms with Crippen LogP contribution in [0.2, 0.25) is 0 Å². The molecule has 0 saturated carbocycles. The van der Waals surface area contributed by atoms with Gasteiger partial charge in [0, 0.05) is 23.6 Å². The van der Waals surface area contributed by atoms with Gasteiger partial charge in [0.15, 0.2) is 0 Å². The standard InChI is InChI=1S/C21H23N2O2P/c1-13-11-22-19-8-6-5-7-16(19)17(13)9-15-12-23-21(26(3)4)18(14(15)2)10-20(24)25/h5-9,11,13,17H,3,10,12H2,1-2,4H3/p+1. The van der Waals surface area contributed by atoms with Crippen LogP contribution in [0.5, 0.6) is 0 Å². The molecule has 0 amide bonds. The van der Waals surface area contributed by atoms with Gasteiger partial charge in [-0.2, -0.15) is 0 Å². The van der Waals surface area contributed by atoms with Gasteiger partial charge in [-0.1, -0.05) is 31.2 Å². The normalized spacial score (nSPS) is 24.3. The number of hydrogen-bond donors (Lipinski definition) is 1. The largest absolute Gasteiger partial charge is 0.481 e.